The summed E-state index contributed by atoms with van der Waals surface area (Å²) in [5.74, 6) is 1.23. The Hall–Kier alpha value is -1.62. The van der Waals surface area contributed by atoms with Gasteiger partial charge in [-0.2, -0.15) is 0 Å². The number of anilines is 1. The molecule has 0 radical (unpaired) electrons. The zero-order valence-corrected chi connectivity index (χ0v) is 7.24. The Morgan fingerprint density at radius 1 is 1.46 bits per heavy atom. The van der Waals surface area contributed by atoms with Crippen molar-refractivity contribution in [3.8, 4) is 0 Å². The molecule has 2 aromatic heterocycles. The van der Waals surface area contributed by atoms with E-state index >= 15 is 0 Å². The zero-order chi connectivity index (χ0) is 9.26. The van der Waals surface area contributed by atoms with E-state index in [0.717, 1.165) is 11.3 Å². The number of H-pyrrole nitrogens is 1. The lowest BCUT2D eigenvalue weighted by Gasteiger charge is -1.89. The number of nitrogens with one attached hydrogen (secondary N) is 1. The fourth-order valence-electron chi connectivity index (χ4n) is 1.16. The summed E-state index contributed by atoms with van der Waals surface area (Å²) < 4.78 is 4.93. The lowest BCUT2D eigenvalue weighted by Crippen LogP contribution is -1.89. The van der Waals surface area contributed by atoms with Gasteiger partial charge in [-0.3, -0.25) is 0 Å². The zero-order valence-electron chi connectivity index (χ0n) is 7.24. The number of nitrogens with zero attached hydrogens (tertiary/aromatic N) is 2. The fraction of sp³-hybridized carbons (Fsp3) is 0.250. The van der Waals surface area contributed by atoms with Crippen molar-refractivity contribution < 1.29 is 4.74 Å². The first-order valence-corrected chi connectivity index (χ1v) is 3.89. The van der Waals surface area contributed by atoms with Gasteiger partial charge in [0.2, 0.25) is 0 Å². The monoisotopic (exact) mass is 178 g/mol. The van der Waals surface area contributed by atoms with Crippen LogP contribution in [0.2, 0.25) is 0 Å². The summed E-state index contributed by atoms with van der Waals surface area (Å²) in [5.41, 5.74) is 7.02. The van der Waals surface area contributed by atoms with Crippen LogP contribution in [0, 0.1) is 0 Å². The molecule has 2 aromatic rings. The second kappa shape index (κ2) is 3.02. The second-order valence-electron chi connectivity index (χ2n) is 2.72. The number of imidazole rings is 1. The SMILES string of the molecule is COCc1nc2nc(N)ccc2[nH]1. The Balaban J connectivity index is 2.49. The van der Waals surface area contributed by atoms with Gasteiger partial charge < -0.3 is 15.5 Å². The van der Waals surface area contributed by atoms with Crippen LogP contribution in [0.3, 0.4) is 0 Å². The third kappa shape index (κ3) is 1.46. The predicted octanol–water partition coefficient (Wildman–Crippen LogP) is 0.687. The van der Waals surface area contributed by atoms with E-state index in [1.54, 1.807) is 13.2 Å². The molecule has 5 nitrogen and oxygen atoms in total. The Bertz CT molecular complexity index is 423. The van der Waals surface area contributed by atoms with Gasteiger partial charge in [-0.25, -0.2) is 9.97 Å². The van der Waals surface area contributed by atoms with Crippen molar-refractivity contribution in [2.24, 2.45) is 0 Å². The van der Waals surface area contributed by atoms with E-state index in [2.05, 4.69) is 15.0 Å². The molecule has 0 fully saturated rings. The van der Waals surface area contributed by atoms with Crippen LogP contribution in [0.25, 0.3) is 11.2 Å². The van der Waals surface area contributed by atoms with Crippen molar-refractivity contribution in [3.63, 3.8) is 0 Å². The molecule has 0 spiro atoms. The minimum atomic E-state index is 0.455. The largest absolute Gasteiger partial charge is 0.384 e. The van der Waals surface area contributed by atoms with Crippen molar-refractivity contribution in [1.82, 2.24) is 15.0 Å². The molecule has 2 heterocycles. The average molecular weight is 178 g/mol. The highest BCUT2D eigenvalue weighted by molar-refractivity contribution is 5.72. The molecular weight excluding hydrogens is 168 g/mol. The number of pyridine rings is 1. The van der Waals surface area contributed by atoms with Crippen molar-refractivity contribution in [2.75, 3.05) is 12.8 Å². The second-order valence-corrected chi connectivity index (χ2v) is 2.72. The van der Waals surface area contributed by atoms with Gasteiger partial charge in [0, 0.05) is 7.11 Å². The van der Waals surface area contributed by atoms with Crippen molar-refractivity contribution in [2.45, 2.75) is 6.61 Å². The average Bonchev–Trinajstić information content (AvgIpc) is 2.46. The van der Waals surface area contributed by atoms with Crippen LogP contribution < -0.4 is 5.73 Å². The molecule has 0 aliphatic carbocycles. The third-order valence-corrected chi connectivity index (χ3v) is 1.70. The van der Waals surface area contributed by atoms with Crippen LogP contribution >= 0.6 is 0 Å². The molecule has 3 N–H and O–H groups in total. The lowest BCUT2D eigenvalue weighted by molar-refractivity contribution is 0.179. The van der Waals surface area contributed by atoms with Gasteiger partial charge in [0.05, 0.1) is 5.52 Å². The number of hydrogen-bond donors (Lipinski definition) is 2. The summed E-state index contributed by atoms with van der Waals surface area (Å²) in [6, 6.07) is 3.58. The minimum Gasteiger partial charge on any atom is -0.384 e. The smallest absolute Gasteiger partial charge is 0.179 e. The molecule has 0 aliphatic rings. The van der Waals surface area contributed by atoms with Gasteiger partial charge >= 0.3 is 0 Å². The quantitative estimate of drug-likeness (QED) is 0.709. The molecule has 0 aromatic carbocycles. The van der Waals surface area contributed by atoms with Crippen molar-refractivity contribution in [1.29, 1.82) is 0 Å². The van der Waals surface area contributed by atoms with Crippen LogP contribution in [0.4, 0.5) is 5.82 Å². The minimum absolute atomic E-state index is 0.455. The van der Waals surface area contributed by atoms with Crippen LogP contribution in [-0.4, -0.2) is 22.1 Å². The molecule has 5 heteroatoms. The van der Waals surface area contributed by atoms with E-state index in [1.165, 1.54) is 0 Å². The number of nitrogens with two attached hydrogens (primary N) is 1. The number of hydrogen-bond acceptors (Lipinski definition) is 4. The third-order valence-electron chi connectivity index (χ3n) is 1.70. The molecule has 68 valence electrons. The summed E-state index contributed by atoms with van der Waals surface area (Å²) >= 11 is 0. The van der Waals surface area contributed by atoms with E-state index < -0.39 is 0 Å². The van der Waals surface area contributed by atoms with Gasteiger partial charge in [0.15, 0.2) is 5.65 Å². The van der Waals surface area contributed by atoms with E-state index in [4.69, 9.17) is 10.5 Å². The van der Waals surface area contributed by atoms with Gasteiger partial charge in [-0.15, -0.1) is 0 Å². The fourth-order valence-corrected chi connectivity index (χ4v) is 1.16. The molecule has 2 rings (SSSR count). The van der Waals surface area contributed by atoms with Crippen LogP contribution in [0.15, 0.2) is 12.1 Å². The molecule has 0 unspecified atom stereocenters. The van der Waals surface area contributed by atoms with Crippen molar-refractivity contribution in [3.05, 3.63) is 18.0 Å². The normalized spacial score (nSPS) is 10.8. The highest BCUT2D eigenvalue weighted by Crippen LogP contribution is 2.10. The molecular formula is C8H10N4O. The topological polar surface area (TPSA) is 76.8 Å². The predicted molar refractivity (Wildman–Crippen MR) is 49.0 cm³/mol. The summed E-state index contributed by atoms with van der Waals surface area (Å²) in [7, 11) is 1.62. The number of aromatic amines is 1. The number of aromatic nitrogens is 3. The first-order valence-electron chi connectivity index (χ1n) is 3.89. The Morgan fingerprint density at radius 2 is 2.31 bits per heavy atom. The van der Waals surface area contributed by atoms with Gasteiger partial charge in [0.25, 0.3) is 0 Å². The van der Waals surface area contributed by atoms with Gasteiger partial charge in [-0.05, 0) is 12.1 Å². The maximum Gasteiger partial charge on any atom is 0.179 e. The summed E-state index contributed by atoms with van der Waals surface area (Å²) in [6.07, 6.45) is 0. The maximum absolute atomic E-state index is 5.51. The van der Waals surface area contributed by atoms with E-state index in [9.17, 15) is 0 Å². The summed E-state index contributed by atoms with van der Waals surface area (Å²) in [6.45, 7) is 0.455. The van der Waals surface area contributed by atoms with Gasteiger partial charge in [-0.1, -0.05) is 0 Å². The summed E-state index contributed by atoms with van der Waals surface area (Å²) in [5, 5.41) is 0. The van der Waals surface area contributed by atoms with E-state index in [1.807, 2.05) is 6.07 Å². The highest BCUT2D eigenvalue weighted by atomic mass is 16.5. The van der Waals surface area contributed by atoms with E-state index in [-0.39, 0.29) is 0 Å². The first-order chi connectivity index (χ1) is 6.29. The van der Waals surface area contributed by atoms with Gasteiger partial charge in [0.1, 0.15) is 18.2 Å². The molecule has 0 saturated heterocycles. The van der Waals surface area contributed by atoms with Crippen LogP contribution in [0.1, 0.15) is 5.82 Å². The molecule has 0 bridgehead atoms. The van der Waals surface area contributed by atoms with Crippen LogP contribution in [-0.2, 0) is 11.3 Å². The lowest BCUT2D eigenvalue weighted by atomic mass is 10.4. The molecule has 0 atom stereocenters. The molecule has 0 saturated carbocycles. The Morgan fingerprint density at radius 3 is 3.08 bits per heavy atom. The molecule has 0 aliphatic heterocycles. The number of fused-ring (bicyclic) bond motifs is 1. The maximum atomic E-state index is 5.51. The number of methoxy groups -OCH3 is 1. The number of nitrogen functional groups attached to an aromatic ring is 1. The summed E-state index contributed by atoms with van der Waals surface area (Å²) in [4.78, 5) is 11.3. The first kappa shape index (κ1) is 8.00. The number of rotatable bonds is 2. The number of ether oxygens (including phenoxy) is 1. The Labute approximate surface area is 74.9 Å². The van der Waals surface area contributed by atoms with Crippen LogP contribution in [0.5, 0.6) is 0 Å². The molecule has 13 heavy (non-hydrogen) atoms. The van der Waals surface area contributed by atoms with Crippen molar-refractivity contribution >= 4 is 17.0 Å². The molecule has 0 amide bonds. The standard InChI is InChI=1S/C8H10N4O/c1-13-4-7-10-5-2-3-6(9)11-8(5)12-7/h2-3H,4H2,1H3,(H3,9,10,11,12). The Kier molecular flexibility index (Phi) is 1.86. The highest BCUT2D eigenvalue weighted by Gasteiger charge is 2.02. The van der Waals surface area contributed by atoms with E-state index in [0.29, 0.717) is 18.1 Å².